The average molecular weight is 374 g/mol. The van der Waals surface area contributed by atoms with Crippen molar-refractivity contribution in [2.24, 2.45) is 4.99 Å². The van der Waals surface area contributed by atoms with Crippen molar-refractivity contribution in [3.8, 4) is 23.0 Å². The molecule has 8 nitrogen and oxygen atoms in total. The molecule has 0 radical (unpaired) electrons. The SMILES string of the molecule is COc1cccc(C=NC[C@H](O)CNC(=O)c2cccc(OC)c2O)c1O. The van der Waals surface area contributed by atoms with E-state index in [1.807, 2.05) is 0 Å². The van der Waals surface area contributed by atoms with Crippen LogP contribution in [-0.4, -0.2) is 60.9 Å². The van der Waals surface area contributed by atoms with Crippen LogP contribution in [0.1, 0.15) is 15.9 Å². The number of ether oxygens (including phenoxy) is 2. The second-order valence-electron chi connectivity index (χ2n) is 5.61. The Bertz CT molecular complexity index is 822. The molecule has 0 saturated heterocycles. The van der Waals surface area contributed by atoms with Crippen molar-refractivity contribution in [2.45, 2.75) is 6.10 Å². The molecule has 0 aromatic heterocycles. The highest BCUT2D eigenvalue weighted by Gasteiger charge is 2.15. The Morgan fingerprint density at radius 2 is 1.74 bits per heavy atom. The Morgan fingerprint density at radius 1 is 1.11 bits per heavy atom. The van der Waals surface area contributed by atoms with Crippen molar-refractivity contribution < 1.29 is 29.6 Å². The number of carbonyl (C=O) groups is 1. The van der Waals surface area contributed by atoms with Crippen molar-refractivity contribution in [1.29, 1.82) is 0 Å². The normalized spacial score (nSPS) is 12.0. The Morgan fingerprint density at radius 3 is 2.41 bits per heavy atom. The average Bonchev–Trinajstić information content (AvgIpc) is 2.67. The van der Waals surface area contributed by atoms with E-state index < -0.39 is 12.0 Å². The van der Waals surface area contributed by atoms with E-state index in [9.17, 15) is 20.1 Å². The monoisotopic (exact) mass is 374 g/mol. The molecule has 2 aromatic carbocycles. The quantitative estimate of drug-likeness (QED) is 0.517. The number of aromatic hydroxyl groups is 2. The van der Waals surface area contributed by atoms with Gasteiger partial charge >= 0.3 is 0 Å². The van der Waals surface area contributed by atoms with Gasteiger partial charge in [0.1, 0.15) is 0 Å². The highest BCUT2D eigenvalue weighted by atomic mass is 16.5. The number of hydrogen-bond donors (Lipinski definition) is 4. The number of nitrogens with zero attached hydrogens (tertiary/aromatic N) is 1. The number of phenols is 2. The first-order valence-electron chi connectivity index (χ1n) is 8.16. The van der Waals surface area contributed by atoms with Crippen LogP contribution in [0.3, 0.4) is 0 Å². The van der Waals surface area contributed by atoms with Crippen molar-refractivity contribution >= 4 is 12.1 Å². The molecule has 0 aliphatic heterocycles. The minimum Gasteiger partial charge on any atom is -0.504 e. The Balaban J connectivity index is 1.89. The van der Waals surface area contributed by atoms with Gasteiger partial charge in [-0.2, -0.15) is 0 Å². The summed E-state index contributed by atoms with van der Waals surface area (Å²) in [7, 11) is 2.83. The van der Waals surface area contributed by atoms with Gasteiger partial charge in [-0.15, -0.1) is 0 Å². The minimum atomic E-state index is -0.939. The standard InChI is InChI=1S/C19H22N2O6/c1-26-15-7-3-5-12(17(15)23)9-20-10-13(22)11-21-19(25)14-6-4-8-16(27-2)18(14)24/h3-9,13,22-24H,10-11H2,1-2H3,(H,21,25)/t13-/m0/s1. The molecule has 0 heterocycles. The van der Waals surface area contributed by atoms with E-state index in [2.05, 4.69) is 10.3 Å². The number of carbonyl (C=O) groups excluding carboxylic acids is 1. The summed E-state index contributed by atoms with van der Waals surface area (Å²) in [6.07, 6.45) is 0.474. The first-order chi connectivity index (χ1) is 13.0. The van der Waals surface area contributed by atoms with E-state index in [0.717, 1.165) is 0 Å². The number of rotatable bonds is 8. The number of amides is 1. The number of phenolic OH excluding ortho intramolecular Hbond substituents is 2. The van der Waals surface area contributed by atoms with Gasteiger partial charge in [-0.05, 0) is 24.3 Å². The predicted octanol–water partition coefficient (Wildman–Crippen LogP) is 1.32. The van der Waals surface area contributed by atoms with Crippen LogP contribution in [0.15, 0.2) is 41.4 Å². The first kappa shape index (κ1) is 20.1. The van der Waals surface area contributed by atoms with Gasteiger partial charge in [0.05, 0.1) is 32.4 Å². The first-order valence-corrected chi connectivity index (χ1v) is 8.16. The molecule has 2 aromatic rings. The zero-order chi connectivity index (χ0) is 19.8. The van der Waals surface area contributed by atoms with Gasteiger partial charge in [-0.1, -0.05) is 12.1 Å². The number of aliphatic hydroxyl groups is 1. The topological polar surface area (TPSA) is 121 Å². The molecule has 0 aliphatic carbocycles. The zero-order valence-corrected chi connectivity index (χ0v) is 15.0. The summed E-state index contributed by atoms with van der Waals surface area (Å²) in [5, 5.41) is 32.4. The summed E-state index contributed by atoms with van der Waals surface area (Å²) < 4.78 is 9.96. The third-order valence-electron chi connectivity index (χ3n) is 3.76. The molecule has 0 aliphatic rings. The lowest BCUT2D eigenvalue weighted by Crippen LogP contribution is -2.33. The maximum absolute atomic E-state index is 12.1. The van der Waals surface area contributed by atoms with E-state index in [4.69, 9.17) is 9.47 Å². The fourth-order valence-corrected chi connectivity index (χ4v) is 2.32. The molecule has 144 valence electrons. The highest BCUT2D eigenvalue weighted by molar-refractivity contribution is 5.97. The maximum atomic E-state index is 12.1. The fraction of sp³-hybridized carbons (Fsp3) is 0.263. The van der Waals surface area contributed by atoms with Crippen LogP contribution in [0.5, 0.6) is 23.0 Å². The number of benzene rings is 2. The molecular weight excluding hydrogens is 352 g/mol. The largest absolute Gasteiger partial charge is 0.504 e. The molecule has 1 amide bonds. The lowest BCUT2D eigenvalue weighted by atomic mass is 10.1. The predicted molar refractivity (Wildman–Crippen MR) is 100 cm³/mol. The number of para-hydroxylation sites is 2. The summed E-state index contributed by atoms with van der Waals surface area (Å²) in [6.45, 7) is -0.0437. The van der Waals surface area contributed by atoms with Gasteiger partial charge < -0.3 is 30.1 Å². The van der Waals surface area contributed by atoms with Crippen LogP contribution in [0.25, 0.3) is 0 Å². The molecule has 0 saturated carbocycles. The molecule has 0 fully saturated rings. The molecule has 4 N–H and O–H groups in total. The van der Waals surface area contributed by atoms with Gasteiger partial charge in [-0.25, -0.2) is 0 Å². The molecule has 0 bridgehead atoms. The van der Waals surface area contributed by atoms with Crippen molar-refractivity contribution in [3.63, 3.8) is 0 Å². The number of aliphatic imine (C=N–C) groups is 1. The Labute approximate surface area is 156 Å². The lowest BCUT2D eigenvalue weighted by molar-refractivity contribution is 0.0917. The summed E-state index contributed by atoms with van der Waals surface area (Å²) in [5.74, 6) is -0.339. The molecule has 0 spiro atoms. The Hall–Kier alpha value is -3.26. The third kappa shape index (κ3) is 5.11. The third-order valence-corrected chi connectivity index (χ3v) is 3.76. The molecule has 0 unspecified atom stereocenters. The van der Waals surface area contributed by atoms with E-state index in [1.165, 1.54) is 32.6 Å². The van der Waals surface area contributed by atoms with Crippen LogP contribution in [-0.2, 0) is 0 Å². The van der Waals surface area contributed by atoms with E-state index in [0.29, 0.717) is 11.3 Å². The van der Waals surface area contributed by atoms with Crippen molar-refractivity contribution in [1.82, 2.24) is 5.32 Å². The Kier molecular flexibility index (Phi) is 7.01. The molecular formula is C19H22N2O6. The van der Waals surface area contributed by atoms with Crippen molar-refractivity contribution in [3.05, 3.63) is 47.5 Å². The second kappa shape index (κ2) is 9.44. The van der Waals surface area contributed by atoms with Crippen LogP contribution >= 0.6 is 0 Å². The summed E-state index contributed by atoms with van der Waals surface area (Å²) >= 11 is 0. The van der Waals surface area contributed by atoms with E-state index in [1.54, 1.807) is 24.3 Å². The molecule has 8 heteroatoms. The second-order valence-corrected chi connectivity index (χ2v) is 5.61. The van der Waals surface area contributed by atoms with E-state index >= 15 is 0 Å². The summed E-state index contributed by atoms with van der Waals surface area (Å²) in [4.78, 5) is 16.2. The van der Waals surface area contributed by atoms with Gasteiger partial charge in [0.15, 0.2) is 23.0 Å². The number of methoxy groups -OCH3 is 2. The number of aliphatic hydroxyl groups excluding tert-OH is 1. The number of hydrogen-bond acceptors (Lipinski definition) is 7. The molecule has 2 rings (SSSR count). The zero-order valence-electron chi connectivity index (χ0n) is 15.0. The molecule has 27 heavy (non-hydrogen) atoms. The minimum absolute atomic E-state index is 0.0149. The highest BCUT2D eigenvalue weighted by Crippen LogP contribution is 2.29. The van der Waals surface area contributed by atoms with Gasteiger partial charge in [0.2, 0.25) is 0 Å². The van der Waals surface area contributed by atoms with Gasteiger partial charge in [0.25, 0.3) is 5.91 Å². The van der Waals surface area contributed by atoms with Crippen molar-refractivity contribution in [2.75, 3.05) is 27.3 Å². The summed E-state index contributed by atoms with van der Waals surface area (Å²) in [6, 6.07) is 9.53. The van der Waals surface area contributed by atoms with Gasteiger partial charge in [-0.3, -0.25) is 9.79 Å². The smallest absolute Gasteiger partial charge is 0.255 e. The van der Waals surface area contributed by atoms with Crippen LogP contribution in [0.4, 0.5) is 0 Å². The van der Waals surface area contributed by atoms with E-state index in [-0.39, 0.29) is 35.9 Å². The molecule has 1 atom stereocenters. The fourth-order valence-electron chi connectivity index (χ4n) is 2.32. The number of nitrogens with one attached hydrogen (secondary N) is 1. The van der Waals surface area contributed by atoms with Crippen LogP contribution in [0, 0.1) is 0 Å². The van der Waals surface area contributed by atoms with Crippen LogP contribution < -0.4 is 14.8 Å². The van der Waals surface area contributed by atoms with Gasteiger partial charge in [0, 0.05) is 18.3 Å². The lowest BCUT2D eigenvalue weighted by Gasteiger charge is -2.12. The van der Waals surface area contributed by atoms with Crippen LogP contribution in [0.2, 0.25) is 0 Å². The summed E-state index contributed by atoms with van der Waals surface area (Å²) in [5.41, 5.74) is 0.498. The maximum Gasteiger partial charge on any atom is 0.255 e.